The van der Waals surface area contributed by atoms with Gasteiger partial charge in [-0.25, -0.2) is 0 Å². The van der Waals surface area contributed by atoms with Gasteiger partial charge in [0.15, 0.2) is 0 Å². The van der Waals surface area contributed by atoms with Crippen molar-refractivity contribution in [1.29, 1.82) is 0 Å². The van der Waals surface area contributed by atoms with Crippen LogP contribution >= 0.6 is 11.8 Å². The lowest BCUT2D eigenvalue weighted by Crippen LogP contribution is -2.45. The molecule has 3 nitrogen and oxygen atoms in total. The molecule has 0 bridgehead atoms. The Balaban J connectivity index is 1.43. The fraction of sp³-hybridized carbons (Fsp3) is 0.625. The smallest absolute Gasteiger partial charge is 0.0869 e. The first kappa shape index (κ1) is 14.4. The Morgan fingerprint density at radius 1 is 1.35 bits per heavy atom. The highest BCUT2D eigenvalue weighted by molar-refractivity contribution is 7.99. The van der Waals surface area contributed by atoms with Gasteiger partial charge in [-0.15, -0.1) is 0 Å². The van der Waals surface area contributed by atoms with Gasteiger partial charge in [0.2, 0.25) is 0 Å². The van der Waals surface area contributed by atoms with Gasteiger partial charge < -0.3 is 10.4 Å². The lowest BCUT2D eigenvalue weighted by atomic mass is 10.0. The molecule has 1 aromatic rings. The second-order valence-corrected chi connectivity index (χ2v) is 7.22. The molecule has 2 atom stereocenters. The molecule has 0 aliphatic carbocycles. The number of hydrogen-bond acceptors (Lipinski definition) is 4. The molecule has 1 aromatic carbocycles. The van der Waals surface area contributed by atoms with Gasteiger partial charge >= 0.3 is 0 Å². The summed E-state index contributed by atoms with van der Waals surface area (Å²) in [5.74, 6) is 1.99. The molecule has 0 radical (unpaired) electrons. The lowest BCUT2D eigenvalue weighted by molar-refractivity contribution is 0.0648. The number of nitrogens with zero attached hydrogens (tertiary/aromatic N) is 1. The Morgan fingerprint density at radius 3 is 2.95 bits per heavy atom. The molecule has 0 amide bonds. The molecule has 0 unspecified atom stereocenters. The van der Waals surface area contributed by atoms with Crippen LogP contribution in [0.15, 0.2) is 30.3 Å². The van der Waals surface area contributed by atoms with Gasteiger partial charge in [0.05, 0.1) is 5.60 Å². The van der Waals surface area contributed by atoms with Crippen LogP contribution in [0.3, 0.4) is 0 Å². The van der Waals surface area contributed by atoms with Crippen molar-refractivity contribution < 1.29 is 5.11 Å². The fourth-order valence-corrected chi connectivity index (χ4v) is 4.35. The van der Waals surface area contributed by atoms with Crippen molar-refractivity contribution in [2.45, 2.75) is 31.0 Å². The lowest BCUT2D eigenvalue weighted by Gasteiger charge is -2.24. The molecular formula is C16H24N2OS. The summed E-state index contributed by atoms with van der Waals surface area (Å²) in [5.41, 5.74) is 0.927. The van der Waals surface area contributed by atoms with Crippen molar-refractivity contribution in [2.75, 3.05) is 31.1 Å². The Bertz CT molecular complexity index is 420. The number of aliphatic hydroxyl groups is 1. The fourth-order valence-electron chi connectivity index (χ4n) is 3.05. The van der Waals surface area contributed by atoms with Gasteiger partial charge in [0.1, 0.15) is 0 Å². The average Bonchev–Trinajstić information content (AvgIpc) is 3.08. The highest BCUT2D eigenvalue weighted by Gasteiger charge is 2.33. The van der Waals surface area contributed by atoms with Crippen molar-refractivity contribution in [1.82, 2.24) is 10.2 Å². The second kappa shape index (κ2) is 6.48. The monoisotopic (exact) mass is 292 g/mol. The Morgan fingerprint density at radius 2 is 2.20 bits per heavy atom. The van der Waals surface area contributed by atoms with Crippen LogP contribution in [0.25, 0.3) is 0 Å². The van der Waals surface area contributed by atoms with E-state index in [0.29, 0.717) is 6.04 Å². The zero-order chi connectivity index (χ0) is 13.8. The van der Waals surface area contributed by atoms with E-state index in [1.807, 2.05) is 11.8 Å². The van der Waals surface area contributed by atoms with Crippen molar-refractivity contribution >= 4 is 11.8 Å². The Labute approximate surface area is 125 Å². The molecule has 110 valence electrons. The summed E-state index contributed by atoms with van der Waals surface area (Å²) >= 11 is 1.87. The Hall–Kier alpha value is -0.550. The predicted octanol–water partition coefficient (Wildman–Crippen LogP) is 1.72. The third-order valence-corrected chi connectivity index (χ3v) is 5.56. The molecule has 2 N–H and O–H groups in total. The summed E-state index contributed by atoms with van der Waals surface area (Å²) in [6.45, 7) is 4.04. The van der Waals surface area contributed by atoms with Gasteiger partial charge in [0.25, 0.3) is 0 Å². The molecule has 20 heavy (non-hydrogen) atoms. The third kappa shape index (κ3) is 3.76. The summed E-state index contributed by atoms with van der Waals surface area (Å²) in [4.78, 5) is 2.50. The van der Waals surface area contributed by atoms with Crippen molar-refractivity contribution in [3.63, 3.8) is 0 Å². The molecule has 2 heterocycles. The molecule has 2 fully saturated rings. The average molecular weight is 292 g/mol. The normalized spacial score (nSPS) is 30.9. The van der Waals surface area contributed by atoms with Crippen LogP contribution in [0.2, 0.25) is 0 Å². The van der Waals surface area contributed by atoms with Crippen LogP contribution in [0.5, 0.6) is 0 Å². The summed E-state index contributed by atoms with van der Waals surface area (Å²) in [7, 11) is 0. The highest BCUT2D eigenvalue weighted by atomic mass is 32.2. The van der Waals surface area contributed by atoms with E-state index >= 15 is 0 Å². The van der Waals surface area contributed by atoms with E-state index in [1.54, 1.807) is 0 Å². The summed E-state index contributed by atoms with van der Waals surface area (Å²) in [5, 5.41) is 13.9. The first-order valence-corrected chi connectivity index (χ1v) is 8.69. The predicted molar refractivity (Wildman–Crippen MR) is 85.0 cm³/mol. The molecule has 0 aromatic heterocycles. The molecule has 2 saturated heterocycles. The largest absolute Gasteiger partial charge is 0.388 e. The van der Waals surface area contributed by atoms with E-state index in [9.17, 15) is 5.11 Å². The number of rotatable bonds is 5. The van der Waals surface area contributed by atoms with Crippen molar-refractivity contribution in [2.24, 2.45) is 0 Å². The van der Waals surface area contributed by atoms with E-state index in [4.69, 9.17) is 0 Å². The number of benzene rings is 1. The van der Waals surface area contributed by atoms with Gasteiger partial charge in [-0.05, 0) is 24.2 Å². The zero-order valence-electron chi connectivity index (χ0n) is 11.9. The zero-order valence-corrected chi connectivity index (χ0v) is 12.7. The summed E-state index contributed by atoms with van der Waals surface area (Å²) in [6.07, 6.45) is 2.13. The standard InChI is InChI=1S/C16H24N2OS/c19-16(7-9-20-13-16)12-17-15-6-8-18(11-15)10-14-4-2-1-3-5-14/h1-5,15,17,19H,6-13H2/t15-,16+/m1/s1. The number of nitrogens with one attached hydrogen (secondary N) is 1. The number of thioether (sulfide) groups is 1. The Kier molecular flexibility index (Phi) is 4.66. The third-order valence-electron chi connectivity index (χ3n) is 4.32. The number of likely N-dealkylation sites (tertiary alicyclic amines) is 1. The topological polar surface area (TPSA) is 35.5 Å². The van der Waals surface area contributed by atoms with E-state index < -0.39 is 5.60 Å². The van der Waals surface area contributed by atoms with Gasteiger partial charge in [-0.1, -0.05) is 30.3 Å². The van der Waals surface area contributed by atoms with Crippen LogP contribution in [0, 0.1) is 0 Å². The van der Waals surface area contributed by atoms with Gasteiger partial charge in [0, 0.05) is 38.0 Å². The molecule has 2 aliphatic heterocycles. The van der Waals surface area contributed by atoms with E-state index in [-0.39, 0.29) is 0 Å². The van der Waals surface area contributed by atoms with E-state index in [2.05, 4.69) is 40.5 Å². The molecule has 0 spiro atoms. The molecule has 3 rings (SSSR count). The van der Waals surface area contributed by atoms with Crippen LogP contribution < -0.4 is 5.32 Å². The minimum Gasteiger partial charge on any atom is -0.388 e. The van der Waals surface area contributed by atoms with Crippen LogP contribution in [0.1, 0.15) is 18.4 Å². The molecular weight excluding hydrogens is 268 g/mol. The van der Waals surface area contributed by atoms with E-state index in [0.717, 1.165) is 44.1 Å². The number of hydrogen-bond donors (Lipinski definition) is 2. The van der Waals surface area contributed by atoms with Crippen LogP contribution in [-0.2, 0) is 6.54 Å². The molecule has 4 heteroatoms. The molecule has 0 saturated carbocycles. The minimum atomic E-state index is -0.461. The first-order chi connectivity index (χ1) is 9.73. The van der Waals surface area contributed by atoms with E-state index in [1.165, 1.54) is 12.0 Å². The quantitative estimate of drug-likeness (QED) is 0.866. The maximum atomic E-state index is 10.4. The minimum absolute atomic E-state index is 0.461. The van der Waals surface area contributed by atoms with Gasteiger partial charge in [-0.3, -0.25) is 4.90 Å². The van der Waals surface area contributed by atoms with Crippen LogP contribution in [0.4, 0.5) is 0 Å². The SMILES string of the molecule is O[C@]1(CN[C@@H]2CCN(Cc3ccccc3)C2)CCSC1. The summed E-state index contributed by atoms with van der Waals surface area (Å²) < 4.78 is 0. The summed E-state index contributed by atoms with van der Waals surface area (Å²) in [6, 6.07) is 11.2. The first-order valence-electron chi connectivity index (χ1n) is 7.53. The maximum Gasteiger partial charge on any atom is 0.0869 e. The second-order valence-electron chi connectivity index (χ2n) is 6.11. The van der Waals surface area contributed by atoms with Gasteiger partial charge in [-0.2, -0.15) is 11.8 Å². The van der Waals surface area contributed by atoms with Crippen molar-refractivity contribution in [3.05, 3.63) is 35.9 Å². The maximum absolute atomic E-state index is 10.4. The molecule has 2 aliphatic rings. The van der Waals surface area contributed by atoms with Crippen LogP contribution in [-0.4, -0.2) is 52.8 Å². The highest BCUT2D eigenvalue weighted by Crippen LogP contribution is 2.27. The van der Waals surface area contributed by atoms with Crippen molar-refractivity contribution in [3.8, 4) is 0 Å².